The lowest BCUT2D eigenvalue weighted by Crippen LogP contribution is -2.37. The molecule has 3 heterocycles. The first-order valence-corrected chi connectivity index (χ1v) is 17.6. The highest BCUT2D eigenvalue weighted by molar-refractivity contribution is 7.91. The van der Waals surface area contributed by atoms with E-state index in [1.807, 2.05) is 18.4 Å². The van der Waals surface area contributed by atoms with E-state index in [0.29, 0.717) is 73.5 Å². The summed E-state index contributed by atoms with van der Waals surface area (Å²) < 4.78 is 50.1. The van der Waals surface area contributed by atoms with Gasteiger partial charge in [-0.1, -0.05) is 13.8 Å². The van der Waals surface area contributed by atoms with Gasteiger partial charge in [-0.3, -0.25) is 4.79 Å². The van der Waals surface area contributed by atoms with Gasteiger partial charge in [0, 0.05) is 30.5 Å². The number of nitrogens with one attached hydrogen (secondary N) is 2. The molecule has 2 aromatic rings. The van der Waals surface area contributed by atoms with Crippen LogP contribution in [0.15, 0.2) is 17.0 Å². The Morgan fingerprint density at radius 3 is 2.50 bits per heavy atom. The Morgan fingerprint density at radius 1 is 1.07 bits per heavy atom. The van der Waals surface area contributed by atoms with Gasteiger partial charge in [0.2, 0.25) is 0 Å². The summed E-state index contributed by atoms with van der Waals surface area (Å²) in [4.78, 5) is 27.5. The van der Waals surface area contributed by atoms with Gasteiger partial charge in [-0.05, 0) is 100 Å². The normalized spacial score (nSPS) is 24.0. The number of anilines is 1. The Balaban J connectivity index is 1.19. The van der Waals surface area contributed by atoms with Gasteiger partial charge in [0.15, 0.2) is 9.84 Å². The second-order valence-corrected chi connectivity index (χ2v) is 15.6. The van der Waals surface area contributed by atoms with Crippen LogP contribution in [0.3, 0.4) is 0 Å². The number of ether oxygens (including phenoxy) is 1. The molecular weight excluding hydrogens is 585 g/mol. The van der Waals surface area contributed by atoms with Gasteiger partial charge >= 0.3 is 6.09 Å². The molecule has 12 heteroatoms. The van der Waals surface area contributed by atoms with E-state index in [-0.39, 0.29) is 23.5 Å². The molecule has 0 radical (unpaired) electrons. The molecule has 0 atom stereocenters. The van der Waals surface area contributed by atoms with Crippen molar-refractivity contribution >= 4 is 27.5 Å². The molecule has 10 nitrogen and oxygen atoms in total. The third kappa shape index (κ3) is 6.20. The fourth-order valence-corrected chi connectivity index (χ4v) is 10.1. The van der Waals surface area contributed by atoms with Crippen LogP contribution in [-0.4, -0.2) is 74.0 Å². The van der Waals surface area contributed by atoms with E-state index >= 15 is 4.39 Å². The van der Waals surface area contributed by atoms with Gasteiger partial charge in [0.1, 0.15) is 11.9 Å². The first kappa shape index (κ1) is 30.9. The minimum atomic E-state index is -3.50. The van der Waals surface area contributed by atoms with Gasteiger partial charge < -0.3 is 30.6 Å². The van der Waals surface area contributed by atoms with Crippen LogP contribution in [0.25, 0.3) is 5.69 Å². The van der Waals surface area contributed by atoms with Crippen molar-refractivity contribution in [2.75, 3.05) is 37.2 Å². The smallest absolute Gasteiger partial charge is 0.407 e. The van der Waals surface area contributed by atoms with Crippen molar-refractivity contribution < 1.29 is 27.1 Å². The van der Waals surface area contributed by atoms with E-state index in [9.17, 15) is 18.0 Å². The third-order valence-corrected chi connectivity index (χ3v) is 11.9. The summed E-state index contributed by atoms with van der Waals surface area (Å²) in [7, 11) is -3.50. The van der Waals surface area contributed by atoms with Crippen LogP contribution < -0.4 is 16.4 Å². The highest BCUT2D eigenvalue weighted by atomic mass is 32.2. The van der Waals surface area contributed by atoms with Crippen LogP contribution in [0.1, 0.15) is 86.1 Å². The number of fused-ring (bicyclic) bond motifs is 3. The van der Waals surface area contributed by atoms with Gasteiger partial charge in [0.25, 0.3) is 5.91 Å². The molecule has 2 aliphatic carbocycles. The van der Waals surface area contributed by atoms with E-state index in [0.717, 1.165) is 37.3 Å². The number of benzene rings is 1. The number of aromatic nitrogens is 1. The van der Waals surface area contributed by atoms with Crippen LogP contribution in [-0.2, 0) is 33.8 Å². The predicted octanol–water partition coefficient (Wildman–Crippen LogP) is 4.11. The first-order valence-electron chi connectivity index (χ1n) is 16.0. The standard InChI is InChI=1S/C32H44FN5O5S/c1-32(2)18-27-29(44(41,42)19-32)23-6-5-7-26(23)38(27)21-16-24(33)28(30(34)39)25(17-21)36-20-8-10-22(11-9-20)43-31(40)35-12-15-37-13-3-4-14-37/h16-17,20,22,36H,3-15,18-19H2,1-2H3,(H2,34,39)(H,35,40). The number of nitrogens with zero attached hydrogens (tertiary/aromatic N) is 2. The molecule has 2 fully saturated rings. The zero-order chi connectivity index (χ0) is 31.2. The number of likely N-dealkylation sites (tertiary alicyclic amines) is 1. The number of primary amides is 1. The predicted molar refractivity (Wildman–Crippen MR) is 166 cm³/mol. The monoisotopic (exact) mass is 629 g/mol. The fraction of sp³-hybridized carbons (Fsp3) is 0.625. The highest BCUT2D eigenvalue weighted by Crippen LogP contribution is 2.45. The quantitative estimate of drug-likeness (QED) is 0.400. The molecule has 0 unspecified atom stereocenters. The Kier molecular flexibility index (Phi) is 8.42. The van der Waals surface area contributed by atoms with Crippen LogP contribution in [0.4, 0.5) is 14.9 Å². The molecule has 0 bridgehead atoms. The maximum atomic E-state index is 15.7. The molecule has 0 spiro atoms. The number of hydrogen-bond donors (Lipinski definition) is 3. The van der Waals surface area contributed by atoms with Crippen LogP contribution >= 0.6 is 0 Å². The lowest BCUT2D eigenvalue weighted by atomic mass is 9.89. The maximum absolute atomic E-state index is 15.7. The SMILES string of the molecule is CC1(C)Cc2c(c3c(n2-c2cc(F)c(C(N)=O)c(NC4CCC(OC(=O)NCCN5CCCC5)CC4)c2)CCC3)S(=O)(=O)C1. The lowest BCUT2D eigenvalue weighted by Gasteiger charge is -2.31. The molecule has 1 aromatic carbocycles. The highest BCUT2D eigenvalue weighted by Gasteiger charge is 2.42. The average Bonchev–Trinajstić information content (AvgIpc) is 3.66. The zero-order valence-corrected chi connectivity index (χ0v) is 26.5. The summed E-state index contributed by atoms with van der Waals surface area (Å²) >= 11 is 0. The van der Waals surface area contributed by atoms with E-state index < -0.39 is 33.1 Å². The molecule has 4 aliphatic rings. The summed E-state index contributed by atoms with van der Waals surface area (Å²) in [6, 6.07) is 2.95. The fourth-order valence-electron chi connectivity index (χ4n) is 7.73. The number of alkyl carbamates (subject to hydrolysis) is 1. The molecule has 1 saturated heterocycles. The summed E-state index contributed by atoms with van der Waals surface area (Å²) in [5.74, 6) is -1.53. The second kappa shape index (κ2) is 12.0. The molecule has 4 N–H and O–H groups in total. The van der Waals surface area contributed by atoms with Crippen molar-refractivity contribution in [1.29, 1.82) is 0 Å². The van der Waals surface area contributed by atoms with Crippen molar-refractivity contribution in [1.82, 2.24) is 14.8 Å². The van der Waals surface area contributed by atoms with Crippen molar-refractivity contribution in [3.8, 4) is 5.69 Å². The number of amides is 2. The minimum absolute atomic E-state index is 0.0792. The van der Waals surface area contributed by atoms with E-state index in [2.05, 4.69) is 15.5 Å². The van der Waals surface area contributed by atoms with Crippen LogP contribution in [0, 0.1) is 11.2 Å². The molecule has 1 aromatic heterocycles. The Bertz CT molecular complexity index is 1560. The van der Waals surface area contributed by atoms with Crippen molar-refractivity contribution in [3.05, 3.63) is 40.5 Å². The number of nitrogens with two attached hydrogens (primary N) is 1. The summed E-state index contributed by atoms with van der Waals surface area (Å²) in [5.41, 5.74) is 8.21. The van der Waals surface area contributed by atoms with Gasteiger partial charge in [-0.15, -0.1) is 0 Å². The topological polar surface area (TPSA) is 136 Å². The van der Waals surface area contributed by atoms with Gasteiger partial charge in [-0.25, -0.2) is 17.6 Å². The number of carbonyl (C=O) groups excluding carboxylic acids is 2. The summed E-state index contributed by atoms with van der Waals surface area (Å²) in [6.45, 7) is 7.43. The third-order valence-electron chi connectivity index (χ3n) is 9.59. The van der Waals surface area contributed by atoms with Crippen molar-refractivity contribution in [3.63, 3.8) is 0 Å². The van der Waals surface area contributed by atoms with E-state index in [4.69, 9.17) is 10.5 Å². The Hall–Kier alpha value is -3.12. The Labute approximate surface area is 258 Å². The molecule has 6 rings (SSSR count). The molecular formula is C32H44FN5O5S. The molecule has 2 aliphatic heterocycles. The average molecular weight is 630 g/mol. The second-order valence-electron chi connectivity index (χ2n) is 13.7. The lowest BCUT2D eigenvalue weighted by molar-refractivity contribution is 0.0727. The van der Waals surface area contributed by atoms with E-state index in [1.165, 1.54) is 18.9 Å². The summed E-state index contributed by atoms with van der Waals surface area (Å²) in [6.07, 6.45) is 7.17. The number of sulfone groups is 1. The first-order chi connectivity index (χ1) is 20.9. The van der Waals surface area contributed by atoms with Gasteiger partial charge in [0.05, 0.1) is 27.6 Å². The minimum Gasteiger partial charge on any atom is -0.446 e. The Morgan fingerprint density at radius 2 is 1.80 bits per heavy atom. The zero-order valence-electron chi connectivity index (χ0n) is 25.7. The number of hydrogen-bond acceptors (Lipinski definition) is 7. The summed E-state index contributed by atoms with van der Waals surface area (Å²) in [5, 5.41) is 6.21. The van der Waals surface area contributed by atoms with Crippen molar-refractivity contribution in [2.45, 2.75) is 95.1 Å². The maximum Gasteiger partial charge on any atom is 0.407 e. The number of carbonyl (C=O) groups is 2. The van der Waals surface area contributed by atoms with E-state index in [1.54, 1.807) is 6.07 Å². The number of rotatable bonds is 8. The van der Waals surface area contributed by atoms with Gasteiger partial charge in [-0.2, -0.15) is 0 Å². The molecule has 2 amide bonds. The molecule has 240 valence electrons. The number of halogens is 1. The molecule has 1 saturated carbocycles. The molecule has 44 heavy (non-hydrogen) atoms. The van der Waals surface area contributed by atoms with Crippen LogP contribution in [0.2, 0.25) is 0 Å². The van der Waals surface area contributed by atoms with Crippen LogP contribution in [0.5, 0.6) is 0 Å². The van der Waals surface area contributed by atoms with Crippen molar-refractivity contribution in [2.24, 2.45) is 11.1 Å². The largest absolute Gasteiger partial charge is 0.446 e.